The van der Waals surface area contributed by atoms with Crippen molar-refractivity contribution >= 4 is 11.8 Å². The molecular weight excluding hydrogens is 234 g/mol. The topological polar surface area (TPSA) is 94.1 Å². The Balaban J connectivity index is 1.83. The summed E-state index contributed by atoms with van der Waals surface area (Å²) in [6.07, 6.45) is 5.00. The van der Waals surface area contributed by atoms with Crippen LogP contribution in [-0.4, -0.2) is 44.6 Å². The lowest BCUT2D eigenvalue weighted by Crippen LogP contribution is -2.44. The van der Waals surface area contributed by atoms with Crippen LogP contribution in [0.4, 0.5) is 0 Å². The quantitative estimate of drug-likeness (QED) is 0.772. The summed E-state index contributed by atoms with van der Waals surface area (Å²) >= 11 is 0. The van der Waals surface area contributed by atoms with Gasteiger partial charge in [0, 0.05) is 19.5 Å². The molecule has 18 heavy (non-hydrogen) atoms. The highest BCUT2D eigenvalue weighted by molar-refractivity contribution is 5.80. The van der Waals surface area contributed by atoms with Gasteiger partial charge in [0.15, 0.2) is 0 Å². The van der Waals surface area contributed by atoms with Crippen LogP contribution in [0.1, 0.15) is 19.3 Å². The lowest BCUT2D eigenvalue weighted by molar-refractivity contribution is -0.135. The Morgan fingerprint density at radius 2 is 2.28 bits per heavy atom. The number of amides is 2. The minimum Gasteiger partial charge on any atom is -0.369 e. The Kier molecular flexibility index (Phi) is 3.91. The number of primary amides is 1. The molecule has 2 heterocycles. The van der Waals surface area contributed by atoms with Crippen LogP contribution in [0.3, 0.4) is 0 Å². The van der Waals surface area contributed by atoms with E-state index in [1.54, 1.807) is 15.9 Å². The molecule has 2 amide bonds. The van der Waals surface area contributed by atoms with Gasteiger partial charge in [0.2, 0.25) is 11.8 Å². The number of nitrogens with two attached hydrogens (primary N) is 1. The molecule has 2 rings (SSSR count). The van der Waals surface area contributed by atoms with Gasteiger partial charge in [-0.15, -0.1) is 0 Å². The Labute approximate surface area is 105 Å². The third kappa shape index (κ3) is 3.06. The van der Waals surface area contributed by atoms with Crippen molar-refractivity contribution in [3.05, 3.63) is 12.7 Å². The minimum atomic E-state index is -0.316. The zero-order valence-corrected chi connectivity index (χ0v) is 10.2. The Morgan fingerprint density at radius 1 is 1.44 bits per heavy atom. The Hall–Kier alpha value is -1.92. The second-order valence-corrected chi connectivity index (χ2v) is 4.49. The molecule has 0 aliphatic carbocycles. The number of hydrogen-bond acceptors (Lipinski definition) is 4. The molecule has 1 atom stereocenters. The number of aromatic nitrogens is 3. The Bertz CT molecular complexity index is 417. The molecule has 98 valence electrons. The van der Waals surface area contributed by atoms with Crippen LogP contribution < -0.4 is 5.73 Å². The van der Waals surface area contributed by atoms with E-state index >= 15 is 0 Å². The van der Waals surface area contributed by atoms with E-state index < -0.39 is 0 Å². The summed E-state index contributed by atoms with van der Waals surface area (Å²) in [5, 5.41) is 3.94. The number of hydrogen-bond donors (Lipinski definition) is 1. The number of rotatable bonds is 4. The molecule has 0 saturated carbocycles. The highest BCUT2D eigenvalue weighted by Gasteiger charge is 2.26. The van der Waals surface area contributed by atoms with Crippen molar-refractivity contribution in [2.45, 2.75) is 25.8 Å². The van der Waals surface area contributed by atoms with Gasteiger partial charge in [-0.3, -0.25) is 14.3 Å². The van der Waals surface area contributed by atoms with Crippen molar-refractivity contribution in [3.63, 3.8) is 0 Å². The van der Waals surface area contributed by atoms with E-state index in [1.807, 2.05) is 0 Å². The summed E-state index contributed by atoms with van der Waals surface area (Å²) in [6.45, 7) is 1.67. The molecule has 0 aromatic carbocycles. The van der Waals surface area contributed by atoms with Crippen LogP contribution in [0, 0.1) is 5.92 Å². The molecule has 0 radical (unpaired) electrons. The van der Waals surface area contributed by atoms with Gasteiger partial charge >= 0.3 is 0 Å². The van der Waals surface area contributed by atoms with Gasteiger partial charge < -0.3 is 10.6 Å². The Morgan fingerprint density at radius 3 is 2.94 bits per heavy atom. The van der Waals surface area contributed by atoms with Crippen molar-refractivity contribution in [3.8, 4) is 0 Å². The fourth-order valence-electron chi connectivity index (χ4n) is 2.15. The molecule has 7 heteroatoms. The molecule has 2 N–H and O–H groups in total. The van der Waals surface area contributed by atoms with E-state index in [9.17, 15) is 9.59 Å². The van der Waals surface area contributed by atoms with Gasteiger partial charge in [-0.1, -0.05) is 0 Å². The summed E-state index contributed by atoms with van der Waals surface area (Å²) in [6, 6.07) is 0. The third-order valence-electron chi connectivity index (χ3n) is 3.20. The predicted octanol–water partition coefficient (Wildman–Crippen LogP) is -0.608. The second-order valence-electron chi connectivity index (χ2n) is 4.49. The average molecular weight is 251 g/mol. The van der Waals surface area contributed by atoms with Gasteiger partial charge in [-0.2, -0.15) is 5.10 Å². The monoisotopic (exact) mass is 251 g/mol. The van der Waals surface area contributed by atoms with Gasteiger partial charge in [-0.05, 0) is 12.8 Å². The van der Waals surface area contributed by atoms with E-state index in [4.69, 9.17) is 5.73 Å². The lowest BCUT2D eigenvalue weighted by Gasteiger charge is -2.31. The summed E-state index contributed by atoms with van der Waals surface area (Å²) in [7, 11) is 0. The van der Waals surface area contributed by atoms with E-state index in [0.717, 1.165) is 12.8 Å². The zero-order chi connectivity index (χ0) is 13.0. The standard InChI is InChI=1S/C11H17N5O2/c12-11(18)9-2-1-4-15(6-9)10(17)3-5-16-8-13-7-14-16/h7-9H,1-6H2,(H2,12,18). The maximum Gasteiger partial charge on any atom is 0.224 e. The number of likely N-dealkylation sites (tertiary alicyclic amines) is 1. The van der Waals surface area contributed by atoms with Gasteiger partial charge in [0.25, 0.3) is 0 Å². The molecule has 1 aromatic rings. The van der Waals surface area contributed by atoms with Crippen molar-refractivity contribution < 1.29 is 9.59 Å². The van der Waals surface area contributed by atoms with Crippen LogP contribution in [0.15, 0.2) is 12.7 Å². The maximum absolute atomic E-state index is 12.0. The summed E-state index contributed by atoms with van der Waals surface area (Å²) in [5.41, 5.74) is 5.28. The third-order valence-corrected chi connectivity index (χ3v) is 3.20. The highest BCUT2D eigenvalue weighted by Crippen LogP contribution is 2.16. The van der Waals surface area contributed by atoms with Gasteiger partial charge in [0.1, 0.15) is 12.7 Å². The number of piperidine rings is 1. The number of nitrogens with zero attached hydrogens (tertiary/aromatic N) is 4. The summed E-state index contributed by atoms with van der Waals surface area (Å²) < 4.78 is 1.62. The average Bonchev–Trinajstić information content (AvgIpc) is 2.89. The first-order valence-corrected chi connectivity index (χ1v) is 6.06. The number of carbonyl (C=O) groups is 2. The predicted molar refractivity (Wildman–Crippen MR) is 63.1 cm³/mol. The fraction of sp³-hybridized carbons (Fsp3) is 0.636. The zero-order valence-electron chi connectivity index (χ0n) is 10.2. The van der Waals surface area contributed by atoms with E-state index in [-0.39, 0.29) is 17.7 Å². The summed E-state index contributed by atoms with van der Waals surface area (Å²) in [5.74, 6) is -0.478. The van der Waals surface area contributed by atoms with E-state index in [1.165, 1.54) is 6.33 Å². The first kappa shape index (κ1) is 12.5. The van der Waals surface area contributed by atoms with Crippen LogP contribution in [0.25, 0.3) is 0 Å². The number of carbonyl (C=O) groups excluding carboxylic acids is 2. The SMILES string of the molecule is NC(=O)C1CCCN(C(=O)CCn2cncn2)C1. The molecule has 1 saturated heterocycles. The number of aryl methyl sites for hydroxylation is 1. The van der Waals surface area contributed by atoms with Gasteiger partial charge in [-0.25, -0.2) is 4.98 Å². The van der Waals surface area contributed by atoms with Crippen molar-refractivity contribution in [1.29, 1.82) is 0 Å². The normalized spacial score (nSPS) is 19.8. The lowest BCUT2D eigenvalue weighted by atomic mass is 9.97. The molecule has 1 aromatic heterocycles. The molecular formula is C11H17N5O2. The highest BCUT2D eigenvalue weighted by atomic mass is 16.2. The van der Waals surface area contributed by atoms with Crippen LogP contribution in [0.5, 0.6) is 0 Å². The van der Waals surface area contributed by atoms with E-state index in [2.05, 4.69) is 10.1 Å². The van der Waals surface area contributed by atoms with Crippen LogP contribution in [0.2, 0.25) is 0 Å². The van der Waals surface area contributed by atoms with Crippen molar-refractivity contribution in [2.24, 2.45) is 11.7 Å². The molecule has 1 unspecified atom stereocenters. The molecule has 7 nitrogen and oxygen atoms in total. The van der Waals surface area contributed by atoms with Crippen LogP contribution >= 0.6 is 0 Å². The molecule has 0 spiro atoms. The van der Waals surface area contributed by atoms with Gasteiger partial charge in [0.05, 0.1) is 12.5 Å². The van der Waals surface area contributed by atoms with E-state index in [0.29, 0.717) is 26.1 Å². The van der Waals surface area contributed by atoms with Crippen molar-refractivity contribution in [2.75, 3.05) is 13.1 Å². The minimum absolute atomic E-state index is 0.0384. The van der Waals surface area contributed by atoms with Crippen LogP contribution in [-0.2, 0) is 16.1 Å². The smallest absolute Gasteiger partial charge is 0.224 e. The first-order chi connectivity index (χ1) is 8.66. The second kappa shape index (κ2) is 5.61. The fourth-order valence-corrected chi connectivity index (χ4v) is 2.15. The molecule has 1 fully saturated rings. The summed E-state index contributed by atoms with van der Waals surface area (Å²) in [4.78, 5) is 28.6. The molecule has 1 aliphatic heterocycles. The first-order valence-electron chi connectivity index (χ1n) is 6.06. The maximum atomic E-state index is 12.0. The largest absolute Gasteiger partial charge is 0.369 e. The molecule has 0 bridgehead atoms. The molecule has 1 aliphatic rings. The van der Waals surface area contributed by atoms with Crippen molar-refractivity contribution in [1.82, 2.24) is 19.7 Å².